The Morgan fingerprint density at radius 1 is 1.35 bits per heavy atom. The number of fused-ring (bicyclic) bond motifs is 1. The fourth-order valence-corrected chi connectivity index (χ4v) is 2.55. The zero-order chi connectivity index (χ0) is 12.3. The van der Waals surface area contributed by atoms with Crippen molar-refractivity contribution in [2.24, 2.45) is 11.1 Å². The molecule has 2 rings (SSSR count). The molecule has 5 nitrogen and oxygen atoms in total. The average Bonchev–Trinajstić information content (AvgIpc) is 2.83. The second kappa shape index (κ2) is 5.14. The standard InChI is InChI=1S/C12H23N5/c1-3-12(4-2,8-13)9-16-5-6-17-10-14-15-11(17)7-16/h10H,3-9,13H2,1-2H3. The van der Waals surface area contributed by atoms with Gasteiger partial charge in [0.05, 0.1) is 6.54 Å². The molecule has 0 bridgehead atoms. The molecule has 1 aromatic rings. The van der Waals surface area contributed by atoms with Crippen molar-refractivity contribution in [3.63, 3.8) is 0 Å². The van der Waals surface area contributed by atoms with Crippen LogP contribution in [0.2, 0.25) is 0 Å². The summed E-state index contributed by atoms with van der Waals surface area (Å²) in [4.78, 5) is 2.46. The van der Waals surface area contributed by atoms with Crippen molar-refractivity contribution in [3.05, 3.63) is 12.2 Å². The van der Waals surface area contributed by atoms with Gasteiger partial charge in [0.2, 0.25) is 0 Å². The SMILES string of the molecule is CCC(CC)(CN)CN1CCn2cnnc2C1. The van der Waals surface area contributed by atoms with Crippen LogP contribution in [0.15, 0.2) is 6.33 Å². The molecule has 96 valence electrons. The summed E-state index contributed by atoms with van der Waals surface area (Å²) >= 11 is 0. The second-order valence-electron chi connectivity index (χ2n) is 5.06. The summed E-state index contributed by atoms with van der Waals surface area (Å²) in [5, 5.41) is 8.11. The molecule has 0 amide bonds. The molecule has 2 heterocycles. The number of nitrogens with two attached hydrogens (primary N) is 1. The van der Waals surface area contributed by atoms with Crippen LogP contribution >= 0.6 is 0 Å². The Bertz CT molecular complexity index is 347. The van der Waals surface area contributed by atoms with Gasteiger partial charge in [0.15, 0.2) is 0 Å². The van der Waals surface area contributed by atoms with Gasteiger partial charge in [-0.2, -0.15) is 0 Å². The highest BCUT2D eigenvalue weighted by atomic mass is 15.3. The number of hydrogen-bond donors (Lipinski definition) is 1. The highest BCUT2D eigenvalue weighted by Gasteiger charge is 2.29. The number of nitrogens with zero attached hydrogens (tertiary/aromatic N) is 4. The number of aromatic nitrogens is 3. The van der Waals surface area contributed by atoms with E-state index in [2.05, 4.69) is 33.5 Å². The molecular formula is C12H23N5. The van der Waals surface area contributed by atoms with Gasteiger partial charge < -0.3 is 10.3 Å². The zero-order valence-corrected chi connectivity index (χ0v) is 10.9. The van der Waals surface area contributed by atoms with Crippen molar-refractivity contribution in [3.8, 4) is 0 Å². The Morgan fingerprint density at radius 3 is 2.76 bits per heavy atom. The van der Waals surface area contributed by atoms with Crippen molar-refractivity contribution in [2.75, 3.05) is 19.6 Å². The maximum Gasteiger partial charge on any atom is 0.147 e. The minimum Gasteiger partial charge on any atom is -0.330 e. The third kappa shape index (κ3) is 2.50. The first-order valence-corrected chi connectivity index (χ1v) is 6.52. The lowest BCUT2D eigenvalue weighted by molar-refractivity contribution is 0.117. The highest BCUT2D eigenvalue weighted by Crippen LogP contribution is 2.27. The molecule has 1 aliphatic heterocycles. The predicted molar refractivity (Wildman–Crippen MR) is 67.4 cm³/mol. The largest absolute Gasteiger partial charge is 0.330 e. The topological polar surface area (TPSA) is 60.0 Å². The second-order valence-corrected chi connectivity index (χ2v) is 5.06. The normalized spacial score (nSPS) is 17.1. The van der Waals surface area contributed by atoms with Gasteiger partial charge in [-0.25, -0.2) is 0 Å². The molecule has 0 aromatic carbocycles. The summed E-state index contributed by atoms with van der Waals surface area (Å²) in [5.41, 5.74) is 6.23. The summed E-state index contributed by atoms with van der Waals surface area (Å²) < 4.78 is 2.14. The van der Waals surface area contributed by atoms with E-state index in [1.54, 1.807) is 0 Å². The summed E-state index contributed by atoms with van der Waals surface area (Å²) in [6.07, 6.45) is 4.11. The van der Waals surface area contributed by atoms with Crippen molar-refractivity contribution in [2.45, 2.75) is 39.8 Å². The molecule has 0 spiro atoms. The Kier molecular flexibility index (Phi) is 3.79. The van der Waals surface area contributed by atoms with Crippen molar-refractivity contribution in [1.29, 1.82) is 0 Å². The fourth-order valence-electron chi connectivity index (χ4n) is 2.55. The molecule has 0 unspecified atom stereocenters. The average molecular weight is 237 g/mol. The molecule has 0 aliphatic carbocycles. The maximum absolute atomic E-state index is 5.96. The number of hydrogen-bond acceptors (Lipinski definition) is 4. The lowest BCUT2D eigenvalue weighted by atomic mass is 9.82. The minimum absolute atomic E-state index is 0.266. The van der Waals surface area contributed by atoms with Crippen LogP contribution in [-0.2, 0) is 13.1 Å². The van der Waals surface area contributed by atoms with Gasteiger partial charge in [0.25, 0.3) is 0 Å². The Hall–Kier alpha value is -0.940. The van der Waals surface area contributed by atoms with Gasteiger partial charge in [0.1, 0.15) is 12.2 Å². The van der Waals surface area contributed by atoms with E-state index >= 15 is 0 Å². The lowest BCUT2D eigenvalue weighted by Gasteiger charge is -2.37. The Morgan fingerprint density at radius 2 is 2.12 bits per heavy atom. The van der Waals surface area contributed by atoms with Gasteiger partial charge in [0, 0.05) is 19.6 Å². The monoisotopic (exact) mass is 237 g/mol. The molecular weight excluding hydrogens is 214 g/mol. The van der Waals surface area contributed by atoms with Crippen LogP contribution in [0.1, 0.15) is 32.5 Å². The van der Waals surface area contributed by atoms with E-state index in [0.717, 1.165) is 51.4 Å². The van der Waals surface area contributed by atoms with E-state index in [1.165, 1.54) is 0 Å². The fraction of sp³-hybridized carbons (Fsp3) is 0.833. The quantitative estimate of drug-likeness (QED) is 0.825. The summed E-state index contributed by atoms with van der Waals surface area (Å²) in [6, 6.07) is 0. The van der Waals surface area contributed by atoms with E-state index in [1.807, 2.05) is 6.33 Å². The molecule has 2 N–H and O–H groups in total. The van der Waals surface area contributed by atoms with Crippen LogP contribution in [0.5, 0.6) is 0 Å². The van der Waals surface area contributed by atoms with Crippen LogP contribution in [-0.4, -0.2) is 39.3 Å². The first-order chi connectivity index (χ1) is 8.23. The first-order valence-electron chi connectivity index (χ1n) is 6.52. The minimum atomic E-state index is 0.266. The third-order valence-corrected chi connectivity index (χ3v) is 4.21. The molecule has 0 radical (unpaired) electrons. The highest BCUT2D eigenvalue weighted by molar-refractivity contribution is 4.92. The summed E-state index contributed by atoms with van der Waals surface area (Å²) in [6.45, 7) is 9.29. The summed E-state index contributed by atoms with van der Waals surface area (Å²) in [7, 11) is 0. The summed E-state index contributed by atoms with van der Waals surface area (Å²) in [5.74, 6) is 1.08. The van der Waals surface area contributed by atoms with Gasteiger partial charge in [-0.1, -0.05) is 13.8 Å². The van der Waals surface area contributed by atoms with Crippen LogP contribution in [0.3, 0.4) is 0 Å². The molecule has 1 aromatic heterocycles. The van der Waals surface area contributed by atoms with Crippen LogP contribution in [0.4, 0.5) is 0 Å². The molecule has 0 saturated heterocycles. The van der Waals surface area contributed by atoms with E-state index in [0.29, 0.717) is 0 Å². The molecule has 0 saturated carbocycles. The zero-order valence-electron chi connectivity index (χ0n) is 10.9. The van der Waals surface area contributed by atoms with E-state index in [4.69, 9.17) is 5.73 Å². The third-order valence-electron chi connectivity index (χ3n) is 4.21. The maximum atomic E-state index is 5.96. The Balaban J connectivity index is 2.01. The molecule has 17 heavy (non-hydrogen) atoms. The van der Waals surface area contributed by atoms with Gasteiger partial charge in [-0.15, -0.1) is 10.2 Å². The van der Waals surface area contributed by atoms with E-state index in [-0.39, 0.29) is 5.41 Å². The van der Waals surface area contributed by atoms with Crippen molar-refractivity contribution in [1.82, 2.24) is 19.7 Å². The van der Waals surface area contributed by atoms with E-state index < -0.39 is 0 Å². The molecule has 0 fully saturated rings. The lowest BCUT2D eigenvalue weighted by Crippen LogP contribution is -2.44. The molecule has 5 heteroatoms. The smallest absolute Gasteiger partial charge is 0.147 e. The van der Waals surface area contributed by atoms with Gasteiger partial charge in [-0.05, 0) is 24.8 Å². The predicted octanol–water partition coefficient (Wildman–Crippen LogP) is 0.859. The van der Waals surface area contributed by atoms with Crippen LogP contribution in [0, 0.1) is 5.41 Å². The first kappa shape index (κ1) is 12.5. The van der Waals surface area contributed by atoms with Gasteiger partial charge >= 0.3 is 0 Å². The van der Waals surface area contributed by atoms with Crippen molar-refractivity contribution < 1.29 is 0 Å². The number of rotatable bonds is 5. The van der Waals surface area contributed by atoms with E-state index in [9.17, 15) is 0 Å². The van der Waals surface area contributed by atoms with Crippen LogP contribution in [0.25, 0.3) is 0 Å². The van der Waals surface area contributed by atoms with Crippen molar-refractivity contribution >= 4 is 0 Å². The van der Waals surface area contributed by atoms with Gasteiger partial charge in [-0.3, -0.25) is 4.90 Å². The van der Waals surface area contributed by atoms with Crippen LogP contribution < -0.4 is 5.73 Å². The molecule has 0 atom stereocenters. The molecule has 1 aliphatic rings. The Labute approximate surface area is 103 Å².